The summed E-state index contributed by atoms with van der Waals surface area (Å²) in [6.07, 6.45) is 2.29. The second-order valence-electron chi connectivity index (χ2n) is 3.77. The van der Waals surface area contributed by atoms with Crippen LogP contribution in [0.3, 0.4) is 0 Å². The standard InChI is InChI=1S/C10H19NO3/c1-2-14-9-5-8(6-11-7-9)3-4-10(12)13/h8-9,11H,2-7H2,1H3,(H,12,13)/t8-,9+/m1/s1. The fraction of sp³-hybridized carbons (Fsp3) is 0.900. The van der Waals surface area contributed by atoms with Gasteiger partial charge in [0.2, 0.25) is 0 Å². The maximum Gasteiger partial charge on any atom is 0.303 e. The van der Waals surface area contributed by atoms with Crippen LogP contribution in [0.1, 0.15) is 26.2 Å². The summed E-state index contributed by atoms with van der Waals surface area (Å²) in [4.78, 5) is 10.4. The molecule has 1 saturated heterocycles. The van der Waals surface area contributed by atoms with Gasteiger partial charge in [0.25, 0.3) is 0 Å². The van der Waals surface area contributed by atoms with E-state index < -0.39 is 5.97 Å². The van der Waals surface area contributed by atoms with Crippen molar-refractivity contribution in [1.82, 2.24) is 5.32 Å². The number of nitrogens with one attached hydrogen (secondary N) is 1. The van der Waals surface area contributed by atoms with Crippen molar-refractivity contribution in [2.75, 3.05) is 19.7 Å². The Morgan fingerprint density at radius 3 is 3.00 bits per heavy atom. The summed E-state index contributed by atoms with van der Waals surface area (Å²) in [6, 6.07) is 0. The van der Waals surface area contributed by atoms with Crippen LogP contribution in [0.15, 0.2) is 0 Å². The van der Waals surface area contributed by atoms with E-state index in [0.717, 1.165) is 32.5 Å². The monoisotopic (exact) mass is 201 g/mol. The zero-order chi connectivity index (χ0) is 10.4. The maximum atomic E-state index is 10.4. The molecule has 4 heteroatoms. The van der Waals surface area contributed by atoms with Crippen LogP contribution in [0.5, 0.6) is 0 Å². The average Bonchev–Trinajstić information content (AvgIpc) is 2.16. The van der Waals surface area contributed by atoms with Gasteiger partial charge in [0.1, 0.15) is 0 Å². The predicted octanol–water partition coefficient (Wildman–Crippen LogP) is 0.866. The normalized spacial score (nSPS) is 27.5. The van der Waals surface area contributed by atoms with Gasteiger partial charge in [0.05, 0.1) is 6.10 Å². The van der Waals surface area contributed by atoms with Crippen LogP contribution < -0.4 is 5.32 Å². The number of ether oxygens (including phenoxy) is 1. The number of piperidine rings is 1. The SMILES string of the molecule is CCO[C@@H]1CNC[C@H](CCC(=O)O)C1. The smallest absolute Gasteiger partial charge is 0.303 e. The van der Waals surface area contributed by atoms with Crippen LogP contribution in [-0.2, 0) is 9.53 Å². The van der Waals surface area contributed by atoms with E-state index in [1.54, 1.807) is 0 Å². The minimum atomic E-state index is -0.705. The number of hydrogen-bond acceptors (Lipinski definition) is 3. The molecule has 4 nitrogen and oxygen atoms in total. The molecule has 0 spiro atoms. The zero-order valence-corrected chi connectivity index (χ0v) is 8.66. The van der Waals surface area contributed by atoms with E-state index in [2.05, 4.69) is 5.32 Å². The fourth-order valence-electron chi connectivity index (χ4n) is 1.90. The van der Waals surface area contributed by atoms with Crippen molar-refractivity contribution >= 4 is 5.97 Å². The quantitative estimate of drug-likeness (QED) is 0.693. The first-order chi connectivity index (χ1) is 6.72. The average molecular weight is 201 g/mol. The summed E-state index contributed by atoms with van der Waals surface area (Å²) in [6.45, 7) is 4.55. The maximum absolute atomic E-state index is 10.4. The van der Waals surface area contributed by atoms with Gasteiger partial charge in [-0.2, -0.15) is 0 Å². The Balaban J connectivity index is 2.21. The first-order valence-electron chi connectivity index (χ1n) is 5.26. The lowest BCUT2D eigenvalue weighted by atomic mass is 9.93. The van der Waals surface area contributed by atoms with Gasteiger partial charge in [-0.15, -0.1) is 0 Å². The Morgan fingerprint density at radius 2 is 2.36 bits per heavy atom. The molecule has 82 valence electrons. The highest BCUT2D eigenvalue weighted by Crippen LogP contribution is 2.18. The molecular weight excluding hydrogens is 182 g/mol. The molecule has 0 amide bonds. The topological polar surface area (TPSA) is 58.6 Å². The molecule has 1 aliphatic rings. The summed E-state index contributed by atoms with van der Waals surface area (Å²) in [7, 11) is 0. The minimum Gasteiger partial charge on any atom is -0.481 e. The summed E-state index contributed by atoms with van der Waals surface area (Å²) >= 11 is 0. The molecule has 0 aromatic heterocycles. The van der Waals surface area contributed by atoms with Gasteiger partial charge in [0.15, 0.2) is 0 Å². The second kappa shape index (κ2) is 5.98. The van der Waals surface area contributed by atoms with E-state index in [0.29, 0.717) is 5.92 Å². The van der Waals surface area contributed by atoms with Gasteiger partial charge < -0.3 is 15.2 Å². The van der Waals surface area contributed by atoms with Gasteiger partial charge in [-0.05, 0) is 32.2 Å². The van der Waals surface area contributed by atoms with E-state index in [9.17, 15) is 4.79 Å². The van der Waals surface area contributed by atoms with Crippen molar-refractivity contribution < 1.29 is 14.6 Å². The highest BCUT2D eigenvalue weighted by Gasteiger charge is 2.21. The van der Waals surface area contributed by atoms with E-state index >= 15 is 0 Å². The van der Waals surface area contributed by atoms with Crippen LogP contribution in [0.4, 0.5) is 0 Å². The van der Waals surface area contributed by atoms with Gasteiger partial charge in [0, 0.05) is 19.6 Å². The first kappa shape index (κ1) is 11.5. The Labute approximate surface area is 84.6 Å². The van der Waals surface area contributed by atoms with Crippen LogP contribution in [-0.4, -0.2) is 36.9 Å². The van der Waals surface area contributed by atoms with Gasteiger partial charge in [-0.25, -0.2) is 0 Å². The van der Waals surface area contributed by atoms with Crippen molar-refractivity contribution in [3.63, 3.8) is 0 Å². The molecular formula is C10H19NO3. The predicted molar refractivity (Wildman–Crippen MR) is 53.3 cm³/mol. The van der Waals surface area contributed by atoms with Crippen molar-refractivity contribution in [2.24, 2.45) is 5.92 Å². The third-order valence-corrected chi connectivity index (χ3v) is 2.57. The van der Waals surface area contributed by atoms with E-state index in [-0.39, 0.29) is 12.5 Å². The molecule has 0 radical (unpaired) electrons. The van der Waals surface area contributed by atoms with Crippen LogP contribution in [0.25, 0.3) is 0 Å². The number of hydrogen-bond donors (Lipinski definition) is 2. The fourth-order valence-corrected chi connectivity index (χ4v) is 1.90. The Hall–Kier alpha value is -0.610. The summed E-state index contributed by atoms with van der Waals surface area (Å²) in [5.41, 5.74) is 0. The summed E-state index contributed by atoms with van der Waals surface area (Å²) in [5.74, 6) is -0.250. The van der Waals surface area contributed by atoms with Crippen LogP contribution >= 0.6 is 0 Å². The molecule has 1 aliphatic heterocycles. The molecule has 1 heterocycles. The van der Waals surface area contributed by atoms with Crippen molar-refractivity contribution in [1.29, 1.82) is 0 Å². The molecule has 0 aliphatic carbocycles. The third-order valence-electron chi connectivity index (χ3n) is 2.57. The molecule has 0 aromatic carbocycles. The lowest BCUT2D eigenvalue weighted by molar-refractivity contribution is -0.137. The molecule has 0 aromatic rings. The highest BCUT2D eigenvalue weighted by atomic mass is 16.5. The van der Waals surface area contributed by atoms with Crippen LogP contribution in [0.2, 0.25) is 0 Å². The van der Waals surface area contributed by atoms with E-state index in [4.69, 9.17) is 9.84 Å². The number of aliphatic carboxylic acids is 1. The minimum absolute atomic E-state index is 0.269. The molecule has 14 heavy (non-hydrogen) atoms. The Bertz CT molecular complexity index is 182. The van der Waals surface area contributed by atoms with Gasteiger partial charge >= 0.3 is 5.97 Å². The van der Waals surface area contributed by atoms with Gasteiger partial charge in [-0.1, -0.05) is 0 Å². The van der Waals surface area contributed by atoms with Gasteiger partial charge in [-0.3, -0.25) is 4.79 Å². The second-order valence-corrected chi connectivity index (χ2v) is 3.77. The number of rotatable bonds is 5. The lowest BCUT2D eigenvalue weighted by Crippen LogP contribution is -2.40. The van der Waals surface area contributed by atoms with Crippen molar-refractivity contribution in [3.05, 3.63) is 0 Å². The van der Waals surface area contributed by atoms with Crippen molar-refractivity contribution in [3.8, 4) is 0 Å². The number of carboxylic acid groups (broad SMARTS) is 1. The molecule has 2 atom stereocenters. The molecule has 0 bridgehead atoms. The lowest BCUT2D eigenvalue weighted by Gasteiger charge is -2.29. The van der Waals surface area contributed by atoms with E-state index in [1.165, 1.54) is 0 Å². The largest absolute Gasteiger partial charge is 0.481 e. The highest BCUT2D eigenvalue weighted by molar-refractivity contribution is 5.66. The first-order valence-corrected chi connectivity index (χ1v) is 5.26. The molecule has 1 rings (SSSR count). The Morgan fingerprint density at radius 1 is 1.57 bits per heavy atom. The van der Waals surface area contributed by atoms with E-state index in [1.807, 2.05) is 6.92 Å². The molecule has 1 fully saturated rings. The zero-order valence-electron chi connectivity index (χ0n) is 8.66. The number of carboxylic acids is 1. The van der Waals surface area contributed by atoms with Crippen LogP contribution in [0, 0.1) is 5.92 Å². The summed E-state index contributed by atoms with van der Waals surface area (Å²) < 4.78 is 5.51. The molecule has 2 N–H and O–H groups in total. The molecule has 0 unspecified atom stereocenters. The third kappa shape index (κ3) is 4.07. The number of carbonyl (C=O) groups is 1. The summed E-state index contributed by atoms with van der Waals surface area (Å²) in [5, 5.41) is 11.8. The Kier molecular flexibility index (Phi) is 4.90. The van der Waals surface area contributed by atoms with Crippen molar-refractivity contribution in [2.45, 2.75) is 32.3 Å². The molecule has 0 saturated carbocycles.